The predicted molar refractivity (Wildman–Crippen MR) is 117 cm³/mol. The molecule has 0 aliphatic carbocycles. The Hall–Kier alpha value is -2.45. The van der Waals surface area contributed by atoms with Crippen LogP contribution in [0.1, 0.15) is 15.9 Å². The molecule has 1 aliphatic heterocycles. The first-order valence-electron chi connectivity index (χ1n) is 9.76. The van der Waals surface area contributed by atoms with E-state index >= 15 is 0 Å². The van der Waals surface area contributed by atoms with Gasteiger partial charge in [-0.25, -0.2) is 0 Å². The van der Waals surface area contributed by atoms with Gasteiger partial charge in [0, 0.05) is 15.6 Å². The Morgan fingerprint density at radius 2 is 1.53 bits per heavy atom. The number of ether oxygens (including phenoxy) is 4. The molecule has 0 bridgehead atoms. The summed E-state index contributed by atoms with van der Waals surface area (Å²) in [5, 5.41) is 0. The molecule has 8 heteroatoms. The van der Waals surface area contributed by atoms with E-state index in [0.29, 0.717) is 35.9 Å². The van der Waals surface area contributed by atoms with Crippen molar-refractivity contribution in [3.8, 4) is 23.0 Å². The Morgan fingerprint density at radius 3 is 2.07 bits per heavy atom. The van der Waals surface area contributed by atoms with Gasteiger partial charge in [-0.3, -0.25) is 4.79 Å². The van der Waals surface area contributed by atoms with Crippen LogP contribution >= 0.6 is 15.9 Å². The fraction of sp³-hybridized carbons (Fsp3) is 0.409. The summed E-state index contributed by atoms with van der Waals surface area (Å²) in [6, 6.07) is 9.46. The minimum atomic E-state index is -0.0339. The lowest BCUT2D eigenvalue weighted by molar-refractivity contribution is -0.917. The monoisotopic (exact) mass is 479 g/mol. The SMILES string of the molecule is COc1ccc(Br)cc1C[NH+]1CCN(C(=O)c2cc(OC)c(OC)c(OC)c2)CC1. The summed E-state index contributed by atoms with van der Waals surface area (Å²) >= 11 is 3.53. The van der Waals surface area contributed by atoms with Gasteiger partial charge in [-0.15, -0.1) is 0 Å². The molecule has 1 amide bonds. The Labute approximate surface area is 185 Å². The molecule has 0 radical (unpaired) electrons. The van der Waals surface area contributed by atoms with Crippen LogP contribution in [0.4, 0.5) is 0 Å². The molecule has 2 aromatic carbocycles. The van der Waals surface area contributed by atoms with Crippen LogP contribution < -0.4 is 23.8 Å². The zero-order chi connectivity index (χ0) is 21.7. The number of hydrogen-bond acceptors (Lipinski definition) is 5. The summed E-state index contributed by atoms with van der Waals surface area (Å²) in [4.78, 5) is 16.4. The average Bonchev–Trinajstić information content (AvgIpc) is 2.78. The van der Waals surface area contributed by atoms with E-state index in [1.807, 2.05) is 17.0 Å². The number of amides is 1. The number of methoxy groups -OCH3 is 4. The minimum Gasteiger partial charge on any atom is -0.496 e. The van der Waals surface area contributed by atoms with Gasteiger partial charge >= 0.3 is 0 Å². The Balaban J connectivity index is 1.68. The number of halogens is 1. The van der Waals surface area contributed by atoms with Gasteiger partial charge in [0.1, 0.15) is 12.3 Å². The number of carbonyl (C=O) groups excluding carboxylic acids is 1. The quantitative estimate of drug-likeness (QED) is 0.658. The lowest BCUT2D eigenvalue weighted by atomic mass is 10.1. The van der Waals surface area contributed by atoms with E-state index in [4.69, 9.17) is 18.9 Å². The first kappa shape index (κ1) is 22.2. The van der Waals surface area contributed by atoms with E-state index in [2.05, 4.69) is 22.0 Å². The molecule has 1 saturated heterocycles. The molecule has 162 valence electrons. The molecular formula is C22H28BrN2O5+. The smallest absolute Gasteiger partial charge is 0.254 e. The van der Waals surface area contributed by atoms with Crippen molar-refractivity contribution in [3.63, 3.8) is 0 Å². The van der Waals surface area contributed by atoms with Crippen LogP contribution in [0.3, 0.4) is 0 Å². The van der Waals surface area contributed by atoms with Gasteiger partial charge in [0.2, 0.25) is 5.75 Å². The van der Waals surface area contributed by atoms with Crippen molar-refractivity contribution in [2.24, 2.45) is 0 Å². The second kappa shape index (κ2) is 10.0. The maximum Gasteiger partial charge on any atom is 0.254 e. The molecular weight excluding hydrogens is 452 g/mol. The summed E-state index contributed by atoms with van der Waals surface area (Å²) in [6.07, 6.45) is 0. The second-order valence-corrected chi connectivity index (χ2v) is 8.00. The lowest BCUT2D eigenvalue weighted by Gasteiger charge is -2.32. The second-order valence-electron chi connectivity index (χ2n) is 7.09. The van der Waals surface area contributed by atoms with Crippen LogP contribution in [0.25, 0.3) is 0 Å². The molecule has 7 nitrogen and oxygen atoms in total. The standard InChI is InChI=1S/C22H27BrN2O5/c1-27-18-6-5-17(23)11-16(18)14-24-7-9-25(10-8-24)22(26)15-12-19(28-2)21(30-4)20(13-15)29-3/h5-6,11-13H,7-10,14H2,1-4H3/p+1. The number of rotatable bonds is 7. The molecule has 1 aliphatic rings. The van der Waals surface area contributed by atoms with Gasteiger partial charge < -0.3 is 28.7 Å². The number of piperazine rings is 1. The zero-order valence-corrected chi connectivity index (χ0v) is 19.4. The number of hydrogen-bond donors (Lipinski definition) is 1. The van der Waals surface area contributed by atoms with E-state index in [0.717, 1.165) is 35.4 Å². The Bertz CT molecular complexity index is 872. The van der Waals surface area contributed by atoms with Crippen LogP contribution in [0.15, 0.2) is 34.8 Å². The summed E-state index contributed by atoms with van der Waals surface area (Å²) in [6.45, 7) is 3.95. The maximum atomic E-state index is 13.1. The van der Waals surface area contributed by atoms with Gasteiger partial charge in [0.05, 0.1) is 54.6 Å². The van der Waals surface area contributed by atoms with Crippen molar-refractivity contribution < 1.29 is 28.6 Å². The zero-order valence-electron chi connectivity index (χ0n) is 17.8. The first-order valence-corrected chi connectivity index (χ1v) is 10.5. The van der Waals surface area contributed by atoms with Crippen LogP contribution in [0, 0.1) is 0 Å². The van der Waals surface area contributed by atoms with Gasteiger partial charge in [-0.1, -0.05) is 15.9 Å². The van der Waals surface area contributed by atoms with Crippen LogP contribution in [0.2, 0.25) is 0 Å². The third-order valence-corrected chi connectivity index (χ3v) is 5.85. The van der Waals surface area contributed by atoms with E-state index in [9.17, 15) is 4.79 Å². The molecule has 30 heavy (non-hydrogen) atoms. The van der Waals surface area contributed by atoms with Crippen molar-refractivity contribution in [2.75, 3.05) is 54.6 Å². The third kappa shape index (κ3) is 4.82. The van der Waals surface area contributed by atoms with E-state index < -0.39 is 0 Å². The normalized spacial score (nSPS) is 14.4. The molecule has 0 unspecified atom stereocenters. The van der Waals surface area contributed by atoms with Gasteiger partial charge in [0.15, 0.2) is 11.5 Å². The Kier molecular flexibility index (Phi) is 7.44. The molecule has 1 N–H and O–H groups in total. The summed E-state index contributed by atoms with van der Waals surface area (Å²) in [5.41, 5.74) is 1.69. The highest BCUT2D eigenvalue weighted by Crippen LogP contribution is 2.38. The summed E-state index contributed by atoms with van der Waals surface area (Å²) in [5.74, 6) is 2.29. The van der Waals surface area contributed by atoms with E-state index in [-0.39, 0.29) is 5.91 Å². The van der Waals surface area contributed by atoms with Gasteiger partial charge in [-0.05, 0) is 30.3 Å². The molecule has 1 fully saturated rings. The summed E-state index contributed by atoms with van der Waals surface area (Å²) < 4.78 is 22.6. The highest BCUT2D eigenvalue weighted by molar-refractivity contribution is 9.10. The van der Waals surface area contributed by atoms with Crippen molar-refractivity contribution in [2.45, 2.75) is 6.54 Å². The first-order chi connectivity index (χ1) is 14.5. The van der Waals surface area contributed by atoms with Crippen LogP contribution in [-0.4, -0.2) is 65.4 Å². The number of benzene rings is 2. The van der Waals surface area contributed by atoms with E-state index in [1.165, 1.54) is 4.90 Å². The number of nitrogens with zero attached hydrogens (tertiary/aromatic N) is 1. The largest absolute Gasteiger partial charge is 0.496 e. The van der Waals surface area contributed by atoms with E-state index in [1.54, 1.807) is 40.6 Å². The fourth-order valence-electron chi connectivity index (χ4n) is 3.74. The van der Waals surface area contributed by atoms with Crippen molar-refractivity contribution >= 4 is 21.8 Å². The van der Waals surface area contributed by atoms with Crippen molar-refractivity contribution in [3.05, 3.63) is 45.9 Å². The Morgan fingerprint density at radius 1 is 0.933 bits per heavy atom. The molecule has 2 aromatic rings. The molecule has 0 spiro atoms. The molecule has 1 heterocycles. The predicted octanol–water partition coefficient (Wildman–Crippen LogP) is 2.02. The summed E-state index contributed by atoms with van der Waals surface area (Å²) in [7, 11) is 6.33. The van der Waals surface area contributed by atoms with Gasteiger partial charge in [0.25, 0.3) is 5.91 Å². The number of carbonyl (C=O) groups is 1. The minimum absolute atomic E-state index is 0.0339. The third-order valence-electron chi connectivity index (χ3n) is 5.35. The topological polar surface area (TPSA) is 61.7 Å². The highest BCUT2D eigenvalue weighted by Gasteiger charge is 2.27. The number of nitrogens with one attached hydrogen (secondary N) is 1. The van der Waals surface area contributed by atoms with Crippen molar-refractivity contribution in [1.82, 2.24) is 4.90 Å². The van der Waals surface area contributed by atoms with Crippen molar-refractivity contribution in [1.29, 1.82) is 0 Å². The lowest BCUT2D eigenvalue weighted by Crippen LogP contribution is -3.13. The molecule has 0 atom stereocenters. The van der Waals surface area contributed by atoms with Gasteiger partial charge in [-0.2, -0.15) is 0 Å². The molecule has 3 rings (SSSR count). The van der Waals surface area contributed by atoms with Crippen LogP contribution in [0.5, 0.6) is 23.0 Å². The highest BCUT2D eigenvalue weighted by atomic mass is 79.9. The molecule has 0 saturated carbocycles. The fourth-order valence-corrected chi connectivity index (χ4v) is 4.15. The number of quaternary nitrogens is 1. The molecule has 0 aromatic heterocycles. The maximum absolute atomic E-state index is 13.1. The van der Waals surface area contributed by atoms with Crippen LogP contribution in [-0.2, 0) is 6.54 Å². The average molecular weight is 480 g/mol.